The fraction of sp³-hybridized carbons (Fsp3) is 0.538. The zero-order valence-corrected chi connectivity index (χ0v) is 9.30. The van der Waals surface area contributed by atoms with Crippen molar-refractivity contribution in [3.05, 3.63) is 35.1 Å². The van der Waals surface area contributed by atoms with Gasteiger partial charge in [-0.05, 0) is 61.0 Å². The van der Waals surface area contributed by atoms with Crippen LogP contribution < -0.4 is 11.1 Å². The summed E-state index contributed by atoms with van der Waals surface area (Å²) in [6.45, 7) is 2.06. The van der Waals surface area contributed by atoms with Gasteiger partial charge in [-0.15, -0.1) is 0 Å². The van der Waals surface area contributed by atoms with Crippen molar-refractivity contribution in [2.45, 2.75) is 25.3 Å². The molecule has 16 heavy (non-hydrogen) atoms. The summed E-state index contributed by atoms with van der Waals surface area (Å²) in [5, 5.41) is 3.36. The summed E-state index contributed by atoms with van der Waals surface area (Å²) in [6.07, 6.45) is 3.15. The third kappa shape index (κ3) is 1.39. The molecule has 86 valence electrons. The molecule has 0 radical (unpaired) electrons. The highest BCUT2D eigenvalue weighted by Crippen LogP contribution is 2.49. The number of rotatable bonds is 0. The number of hydrogen-bond donors (Lipinski definition) is 2. The van der Waals surface area contributed by atoms with Gasteiger partial charge in [0.2, 0.25) is 0 Å². The zero-order chi connectivity index (χ0) is 11.2. The number of piperidine rings is 1. The lowest BCUT2D eigenvalue weighted by Gasteiger charge is -2.37. The predicted octanol–water partition coefficient (Wildman–Crippen LogP) is 1.75. The van der Waals surface area contributed by atoms with Gasteiger partial charge in [0.05, 0.1) is 0 Å². The summed E-state index contributed by atoms with van der Waals surface area (Å²) in [4.78, 5) is 0. The van der Waals surface area contributed by atoms with E-state index in [1.807, 2.05) is 6.07 Å². The van der Waals surface area contributed by atoms with Crippen molar-refractivity contribution in [3.8, 4) is 0 Å². The van der Waals surface area contributed by atoms with Gasteiger partial charge in [0.1, 0.15) is 5.82 Å². The molecule has 0 unspecified atom stereocenters. The number of fused-ring (bicyclic) bond motifs is 1. The third-order valence-corrected chi connectivity index (χ3v) is 4.24. The monoisotopic (exact) mass is 220 g/mol. The van der Waals surface area contributed by atoms with Gasteiger partial charge in [0.25, 0.3) is 0 Å². The average Bonchev–Trinajstić information content (AvgIpc) is 2.53. The van der Waals surface area contributed by atoms with Crippen LogP contribution in [0.2, 0.25) is 0 Å². The first kappa shape index (κ1) is 10.2. The molecule has 2 nitrogen and oxygen atoms in total. The molecule has 1 spiro atoms. The van der Waals surface area contributed by atoms with Crippen LogP contribution in [0.25, 0.3) is 0 Å². The molecule has 1 heterocycles. The van der Waals surface area contributed by atoms with Crippen LogP contribution in [-0.2, 0) is 6.42 Å². The van der Waals surface area contributed by atoms with Gasteiger partial charge in [0.15, 0.2) is 0 Å². The molecule has 1 aromatic carbocycles. The minimum atomic E-state index is -0.142. The van der Waals surface area contributed by atoms with E-state index < -0.39 is 0 Å². The van der Waals surface area contributed by atoms with Crippen LogP contribution in [0.4, 0.5) is 4.39 Å². The van der Waals surface area contributed by atoms with Crippen molar-refractivity contribution in [3.63, 3.8) is 0 Å². The second kappa shape index (κ2) is 3.54. The van der Waals surface area contributed by atoms with E-state index in [9.17, 15) is 4.39 Å². The first-order valence-corrected chi connectivity index (χ1v) is 5.96. The summed E-state index contributed by atoms with van der Waals surface area (Å²) in [5.74, 6) is -0.142. The first-order valence-electron chi connectivity index (χ1n) is 5.96. The van der Waals surface area contributed by atoms with E-state index in [0.29, 0.717) is 0 Å². The normalized spacial score (nSPS) is 27.0. The molecule has 1 aliphatic heterocycles. The second-order valence-electron chi connectivity index (χ2n) is 5.11. The van der Waals surface area contributed by atoms with Crippen LogP contribution in [0.5, 0.6) is 0 Å². The molecule has 1 atom stereocenters. The Morgan fingerprint density at radius 1 is 1.31 bits per heavy atom. The maximum absolute atomic E-state index is 13.2. The Bertz CT molecular complexity index is 410. The Balaban J connectivity index is 1.98. The summed E-state index contributed by atoms with van der Waals surface area (Å²) in [5.41, 5.74) is 8.81. The van der Waals surface area contributed by atoms with Crippen LogP contribution in [0, 0.1) is 11.2 Å². The highest BCUT2D eigenvalue weighted by Gasteiger charge is 2.44. The smallest absolute Gasteiger partial charge is 0.123 e. The molecule has 1 saturated heterocycles. The lowest BCUT2D eigenvalue weighted by Crippen LogP contribution is -2.41. The Labute approximate surface area is 95.0 Å². The molecular weight excluding hydrogens is 203 g/mol. The topological polar surface area (TPSA) is 38.0 Å². The average molecular weight is 220 g/mol. The molecular formula is C13H17FN2. The van der Waals surface area contributed by atoms with E-state index in [0.717, 1.165) is 43.5 Å². The van der Waals surface area contributed by atoms with Crippen molar-refractivity contribution in [1.82, 2.24) is 5.32 Å². The van der Waals surface area contributed by atoms with Crippen LogP contribution in [0.1, 0.15) is 30.0 Å². The van der Waals surface area contributed by atoms with Crippen molar-refractivity contribution in [2.75, 3.05) is 13.1 Å². The molecule has 0 saturated carbocycles. The van der Waals surface area contributed by atoms with Crippen LogP contribution in [0.3, 0.4) is 0 Å². The summed E-state index contributed by atoms with van der Waals surface area (Å²) >= 11 is 0. The molecule has 3 N–H and O–H groups in total. The van der Waals surface area contributed by atoms with E-state index in [4.69, 9.17) is 5.73 Å². The molecule has 1 fully saturated rings. The molecule has 1 aromatic rings. The van der Waals surface area contributed by atoms with E-state index in [1.54, 1.807) is 6.07 Å². The maximum Gasteiger partial charge on any atom is 0.123 e. The van der Waals surface area contributed by atoms with Gasteiger partial charge in [-0.25, -0.2) is 4.39 Å². The lowest BCUT2D eigenvalue weighted by molar-refractivity contribution is 0.174. The molecule has 3 rings (SSSR count). The van der Waals surface area contributed by atoms with Gasteiger partial charge in [-0.2, -0.15) is 0 Å². The first-order chi connectivity index (χ1) is 7.71. The minimum absolute atomic E-state index is 0.0881. The van der Waals surface area contributed by atoms with E-state index in [1.165, 1.54) is 6.07 Å². The van der Waals surface area contributed by atoms with Gasteiger partial charge in [-0.1, -0.05) is 6.07 Å². The number of hydrogen-bond acceptors (Lipinski definition) is 2. The van der Waals surface area contributed by atoms with Gasteiger partial charge >= 0.3 is 0 Å². The molecule has 0 amide bonds. The van der Waals surface area contributed by atoms with Crippen LogP contribution in [-0.4, -0.2) is 13.1 Å². The minimum Gasteiger partial charge on any atom is -0.323 e. The van der Waals surface area contributed by atoms with Gasteiger partial charge < -0.3 is 11.1 Å². The highest BCUT2D eigenvalue weighted by atomic mass is 19.1. The Morgan fingerprint density at radius 2 is 2.06 bits per heavy atom. The lowest BCUT2D eigenvalue weighted by atomic mass is 9.73. The molecule has 0 aromatic heterocycles. The summed E-state index contributed by atoms with van der Waals surface area (Å²) in [7, 11) is 0. The zero-order valence-electron chi connectivity index (χ0n) is 9.30. The van der Waals surface area contributed by atoms with Crippen LogP contribution >= 0.6 is 0 Å². The van der Waals surface area contributed by atoms with Gasteiger partial charge in [0, 0.05) is 6.04 Å². The fourth-order valence-electron chi connectivity index (χ4n) is 3.26. The van der Waals surface area contributed by atoms with Crippen molar-refractivity contribution < 1.29 is 4.39 Å². The van der Waals surface area contributed by atoms with E-state index >= 15 is 0 Å². The molecule has 2 aliphatic rings. The van der Waals surface area contributed by atoms with E-state index in [2.05, 4.69) is 5.32 Å². The number of nitrogens with one attached hydrogen (secondary N) is 1. The quantitative estimate of drug-likeness (QED) is 0.699. The molecule has 3 heteroatoms. The standard InChI is InChI=1S/C13H17FN2/c14-10-1-2-11-9(7-10)8-13(12(11)15)3-5-16-6-4-13/h1-2,7,12,16H,3-6,8,15H2/t12-/m0/s1. The highest BCUT2D eigenvalue weighted by molar-refractivity contribution is 5.38. The summed E-state index contributed by atoms with van der Waals surface area (Å²) < 4.78 is 13.2. The molecule has 0 bridgehead atoms. The predicted molar refractivity (Wildman–Crippen MR) is 61.6 cm³/mol. The third-order valence-electron chi connectivity index (χ3n) is 4.24. The second-order valence-corrected chi connectivity index (χ2v) is 5.11. The number of benzene rings is 1. The Morgan fingerprint density at radius 3 is 2.81 bits per heavy atom. The maximum atomic E-state index is 13.2. The Kier molecular flexibility index (Phi) is 2.26. The van der Waals surface area contributed by atoms with Crippen molar-refractivity contribution in [1.29, 1.82) is 0 Å². The number of nitrogens with two attached hydrogens (primary N) is 1. The van der Waals surface area contributed by atoms with Crippen molar-refractivity contribution in [2.24, 2.45) is 11.1 Å². The Hall–Kier alpha value is -0.930. The van der Waals surface area contributed by atoms with Gasteiger partial charge in [-0.3, -0.25) is 0 Å². The fourth-order valence-corrected chi connectivity index (χ4v) is 3.26. The number of halogens is 1. The SMILES string of the molecule is N[C@H]1c2ccc(F)cc2CC12CCNCC2. The molecule has 1 aliphatic carbocycles. The van der Waals surface area contributed by atoms with Crippen molar-refractivity contribution >= 4 is 0 Å². The van der Waals surface area contributed by atoms with Crippen LogP contribution in [0.15, 0.2) is 18.2 Å². The van der Waals surface area contributed by atoms with E-state index in [-0.39, 0.29) is 17.3 Å². The summed E-state index contributed by atoms with van der Waals surface area (Å²) in [6, 6.07) is 5.14. The largest absolute Gasteiger partial charge is 0.323 e.